The van der Waals surface area contributed by atoms with Crippen molar-refractivity contribution in [1.82, 2.24) is 29.5 Å². The van der Waals surface area contributed by atoms with Gasteiger partial charge in [0.1, 0.15) is 0 Å². The molecule has 3 rings (SSSR count). The Bertz CT molecular complexity index is 790. The van der Waals surface area contributed by atoms with Crippen molar-refractivity contribution in [3.8, 4) is 0 Å². The van der Waals surface area contributed by atoms with Gasteiger partial charge < -0.3 is 14.8 Å². The van der Waals surface area contributed by atoms with Crippen LogP contribution in [0.25, 0.3) is 0 Å². The van der Waals surface area contributed by atoms with Gasteiger partial charge in [-0.3, -0.25) is 9.48 Å². The number of rotatable bonds is 6. The number of imidazole rings is 1. The number of carbonyl (C=O) groups excluding carboxylic acids is 1. The van der Waals surface area contributed by atoms with Crippen molar-refractivity contribution in [2.45, 2.75) is 38.8 Å². The smallest absolute Gasteiger partial charge is 0.246 e. The first-order valence-corrected chi connectivity index (χ1v) is 9.12. The van der Waals surface area contributed by atoms with Crippen LogP contribution in [0.4, 0.5) is 0 Å². The molecule has 0 saturated carbocycles. The molecular formula is C19H28N6O. The zero-order valence-electron chi connectivity index (χ0n) is 16.0. The van der Waals surface area contributed by atoms with E-state index in [2.05, 4.69) is 22.3 Å². The van der Waals surface area contributed by atoms with E-state index < -0.39 is 0 Å². The minimum Gasteiger partial charge on any atom is -0.340 e. The largest absolute Gasteiger partial charge is 0.340 e. The van der Waals surface area contributed by atoms with E-state index in [9.17, 15) is 4.79 Å². The number of hydrogen-bond acceptors (Lipinski definition) is 4. The summed E-state index contributed by atoms with van der Waals surface area (Å²) >= 11 is 0. The molecule has 7 heteroatoms. The lowest BCUT2D eigenvalue weighted by molar-refractivity contribution is -0.125. The maximum Gasteiger partial charge on any atom is 0.246 e. The van der Waals surface area contributed by atoms with Crippen molar-refractivity contribution in [2.75, 3.05) is 13.1 Å². The lowest BCUT2D eigenvalue weighted by Gasteiger charge is -2.18. The van der Waals surface area contributed by atoms with E-state index >= 15 is 0 Å². The summed E-state index contributed by atoms with van der Waals surface area (Å²) in [6.45, 7) is 6.16. The highest BCUT2D eigenvalue weighted by molar-refractivity contribution is 5.88. The number of aromatic nitrogens is 4. The van der Waals surface area contributed by atoms with E-state index in [0.29, 0.717) is 13.1 Å². The summed E-state index contributed by atoms with van der Waals surface area (Å²) in [6, 6.07) is 2.17. The van der Waals surface area contributed by atoms with E-state index in [1.54, 1.807) is 12.3 Å². The third-order valence-corrected chi connectivity index (χ3v) is 5.13. The van der Waals surface area contributed by atoms with Gasteiger partial charge in [-0.05, 0) is 19.4 Å². The van der Waals surface area contributed by atoms with Crippen LogP contribution in [0, 0.1) is 0 Å². The Morgan fingerprint density at radius 2 is 2.19 bits per heavy atom. The van der Waals surface area contributed by atoms with Crippen LogP contribution in [0.3, 0.4) is 0 Å². The second kappa shape index (κ2) is 7.86. The molecule has 0 spiro atoms. The normalized spacial score (nSPS) is 20.8. The van der Waals surface area contributed by atoms with E-state index in [1.165, 1.54) is 0 Å². The molecule has 1 N–H and O–H groups in total. The molecule has 0 aromatic carbocycles. The molecule has 140 valence electrons. The Kier molecular flexibility index (Phi) is 5.56. The Balaban J connectivity index is 1.75. The minimum atomic E-state index is 0.0927. The van der Waals surface area contributed by atoms with Gasteiger partial charge in [-0.25, -0.2) is 4.98 Å². The van der Waals surface area contributed by atoms with Gasteiger partial charge >= 0.3 is 0 Å². The zero-order valence-corrected chi connectivity index (χ0v) is 16.0. The average Bonchev–Trinajstić information content (AvgIpc) is 3.32. The Morgan fingerprint density at radius 3 is 2.81 bits per heavy atom. The van der Waals surface area contributed by atoms with Crippen LogP contribution < -0.4 is 5.32 Å². The molecule has 1 aliphatic heterocycles. The third-order valence-electron chi connectivity index (χ3n) is 5.13. The molecule has 1 saturated heterocycles. The fourth-order valence-corrected chi connectivity index (χ4v) is 3.33. The van der Waals surface area contributed by atoms with E-state index in [4.69, 9.17) is 0 Å². The van der Waals surface area contributed by atoms with Gasteiger partial charge in [-0.15, -0.1) is 0 Å². The molecule has 1 amide bonds. The third kappa shape index (κ3) is 4.04. The summed E-state index contributed by atoms with van der Waals surface area (Å²) in [5.41, 5.74) is 3.26. The van der Waals surface area contributed by atoms with Gasteiger partial charge in [0.2, 0.25) is 5.91 Å². The second-order valence-electron chi connectivity index (χ2n) is 7.09. The highest BCUT2D eigenvalue weighted by Gasteiger charge is 2.36. The number of carbonyl (C=O) groups is 1. The number of likely N-dealkylation sites (tertiary alicyclic amines) is 1. The number of amides is 1. The first-order chi connectivity index (χ1) is 12.5. The summed E-state index contributed by atoms with van der Waals surface area (Å²) in [7, 11) is 3.91. The molecule has 0 aliphatic carbocycles. The van der Waals surface area contributed by atoms with Crippen LogP contribution in [0.15, 0.2) is 36.4 Å². The summed E-state index contributed by atoms with van der Waals surface area (Å²) in [5, 5.41) is 7.83. The maximum atomic E-state index is 12.6. The second-order valence-corrected chi connectivity index (χ2v) is 7.09. The predicted molar refractivity (Wildman–Crippen MR) is 100 cm³/mol. The zero-order chi connectivity index (χ0) is 18.7. The van der Waals surface area contributed by atoms with Crippen LogP contribution in [-0.4, -0.2) is 49.3 Å². The van der Waals surface area contributed by atoms with Crippen LogP contribution in [0.2, 0.25) is 0 Å². The van der Waals surface area contributed by atoms with Crippen LogP contribution in [0.5, 0.6) is 0 Å². The summed E-state index contributed by atoms with van der Waals surface area (Å²) < 4.78 is 3.83. The van der Waals surface area contributed by atoms with Crippen LogP contribution in [-0.2, 0) is 25.4 Å². The molecular weight excluding hydrogens is 328 g/mol. The van der Waals surface area contributed by atoms with Gasteiger partial charge in [-0.2, -0.15) is 5.10 Å². The topological polar surface area (TPSA) is 68.0 Å². The van der Waals surface area contributed by atoms with Gasteiger partial charge in [0.25, 0.3) is 0 Å². The number of hydrogen-bond donors (Lipinski definition) is 1. The predicted octanol–water partition coefficient (Wildman–Crippen LogP) is 1.59. The maximum absolute atomic E-state index is 12.6. The molecule has 0 bridgehead atoms. The number of nitrogens with one attached hydrogen (secondary N) is 1. The molecule has 2 aromatic rings. The first kappa shape index (κ1) is 18.4. The SMILES string of the molecule is CCC(C)=CC(=O)N1C[C@@H](NCc2ccnn2C)[C@H](c2cn(C)cn2)C1. The highest BCUT2D eigenvalue weighted by atomic mass is 16.2. The summed E-state index contributed by atoms with van der Waals surface area (Å²) in [5.74, 6) is 0.277. The minimum absolute atomic E-state index is 0.0927. The van der Waals surface area contributed by atoms with Crippen molar-refractivity contribution >= 4 is 5.91 Å². The van der Waals surface area contributed by atoms with Crippen LogP contribution >= 0.6 is 0 Å². The standard InChI is InChI=1S/C19H28N6O/c1-5-14(2)8-19(26)25-10-16(17-11-23(3)13-21-17)18(12-25)20-9-15-6-7-22-24(15)4/h6-8,11,13,16,18,20H,5,9-10,12H2,1-4H3/t16-,18+/m0/s1. The average molecular weight is 356 g/mol. The molecule has 1 aliphatic rings. The highest BCUT2D eigenvalue weighted by Crippen LogP contribution is 2.27. The van der Waals surface area contributed by atoms with Gasteiger partial charge in [0, 0.05) is 64.2 Å². The molecule has 0 unspecified atom stereocenters. The molecule has 0 radical (unpaired) electrons. The van der Waals surface area contributed by atoms with Crippen molar-refractivity contribution < 1.29 is 4.79 Å². The van der Waals surface area contributed by atoms with Gasteiger partial charge in [0.05, 0.1) is 17.7 Å². The van der Waals surface area contributed by atoms with Crippen molar-refractivity contribution in [2.24, 2.45) is 14.1 Å². The molecule has 26 heavy (non-hydrogen) atoms. The molecule has 2 atom stereocenters. The lowest BCUT2D eigenvalue weighted by atomic mass is 10.0. The van der Waals surface area contributed by atoms with E-state index in [0.717, 1.165) is 29.9 Å². The number of nitrogens with zero attached hydrogens (tertiary/aromatic N) is 5. The summed E-state index contributed by atoms with van der Waals surface area (Å²) in [6.07, 6.45) is 8.32. The Morgan fingerprint density at radius 1 is 1.38 bits per heavy atom. The first-order valence-electron chi connectivity index (χ1n) is 9.12. The quantitative estimate of drug-likeness (QED) is 0.798. The van der Waals surface area contributed by atoms with Crippen molar-refractivity contribution in [3.05, 3.63) is 47.8 Å². The molecule has 2 aromatic heterocycles. The van der Waals surface area contributed by atoms with Crippen LogP contribution in [0.1, 0.15) is 37.6 Å². The summed E-state index contributed by atoms with van der Waals surface area (Å²) in [4.78, 5) is 19.1. The molecule has 7 nitrogen and oxygen atoms in total. The van der Waals surface area contributed by atoms with E-state index in [-0.39, 0.29) is 17.9 Å². The van der Waals surface area contributed by atoms with Crippen molar-refractivity contribution in [3.63, 3.8) is 0 Å². The fraction of sp³-hybridized carbons (Fsp3) is 0.526. The van der Waals surface area contributed by atoms with E-state index in [1.807, 2.05) is 53.8 Å². The van der Waals surface area contributed by atoms with Gasteiger partial charge in [0.15, 0.2) is 0 Å². The van der Waals surface area contributed by atoms with Gasteiger partial charge in [-0.1, -0.05) is 12.5 Å². The number of aryl methyl sites for hydroxylation is 2. The monoisotopic (exact) mass is 356 g/mol. The lowest BCUT2D eigenvalue weighted by Crippen LogP contribution is -2.36. The Labute approximate surface area is 154 Å². The Hall–Kier alpha value is -2.41. The fourth-order valence-electron chi connectivity index (χ4n) is 3.33. The van der Waals surface area contributed by atoms with Crippen molar-refractivity contribution in [1.29, 1.82) is 0 Å². The molecule has 3 heterocycles. The molecule has 1 fully saturated rings. The number of allylic oxidation sites excluding steroid dienone is 1.